The van der Waals surface area contributed by atoms with Gasteiger partial charge in [-0.3, -0.25) is 14.9 Å². The van der Waals surface area contributed by atoms with Gasteiger partial charge in [0.2, 0.25) is 0 Å². The summed E-state index contributed by atoms with van der Waals surface area (Å²) in [4.78, 5) is 16.5. The van der Waals surface area contributed by atoms with E-state index in [-0.39, 0.29) is 5.91 Å². The van der Waals surface area contributed by atoms with Crippen molar-refractivity contribution in [2.45, 2.75) is 6.54 Å². The molecule has 4 aromatic rings. The van der Waals surface area contributed by atoms with E-state index in [9.17, 15) is 4.79 Å². The molecule has 6 nitrogen and oxygen atoms in total. The molecule has 128 valence electrons. The zero-order valence-corrected chi connectivity index (χ0v) is 13.8. The number of amides is 1. The van der Waals surface area contributed by atoms with Crippen LogP contribution in [0.1, 0.15) is 16.1 Å². The summed E-state index contributed by atoms with van der Waals surface area (Å²) in [6.45, 7) is 0.350. The molecular formula is C20H16N4O2. The Kier molecular flexibility index (Phi) is 4.30. The Morgan fingerprint density at radius 2 is 1.96 bits per heavy atom. The minimum Gasteiger partial charge on any atom is -0.467 e. The molecule has 0 saturated carbocycles. The van der Waals surface area contributed by atoms with Crippen molar-refractivity contribution in [1.29, 1.82) is 0 Å². The number of nitrogens with one attached hydrogen (secondary N) is 2. The van der Waals surface area contributed by atoms with Gasteiger partial charge in [-0.1, -0.05) is 12.1 Å². The monoisotopic (exact) mass is 344 g/mol. The Hall–Kier alpha value is -3.67. The minimum atomic E-state index is -0.159. The van der Waals surface area contributed by atoms with Crippen molar-refractivity contribution in [3.8, 4) is 22.4 Å². The first-order valence-electron chi connectivity index (χ1n) is 8.16. The lowest BCUT2D eigenvalue weighted by molar-refractivity contribution is 0.0948. The number of rotatable bonds is 5. The van der Waals surface area contributed by atoms with Crippen LogP contribution in [0.2, 0.25) is 0 Å². The molecule has 0 unspecified atom stereocenters. The van der Waals surface area contributed by atoms with Crippen LogP contribution >= 0.6 is 0 Å². The predicted molar refractivity (Wildman–Crippen MR) is 97.1 cm³/mol. The molecule has 0 bridgehead atoms. The van der Waals surface area contributed by atoms with Gasteiger partial charge in [0, 0.05) is 29.1 Å². The SMILES string of the molecule is O=C(NCc1ccco1)c1cccc(-c2[nH]ncc2-c2ccncc2)c1. The molecule has 6 heteroatoms. The van der Waals surface area contributed by atoms with Gasteiger partial charge in [0.25, 0.3) is 5.91 Å². The van der Waals surface area contributed by atoms with Crippen LogP contribution in [0.25, 0.3) is 22.4 Å². The molecule has 0 spiro atoms. The van der Waals surface area contributed by atoms with Gasteiger partial charge < -0.3 is 9.73 Å². The molecule has 0 fully saturated rings. The summed E-state index contributed by atoms with van der Waals surface area (Å²) in [7, 11) is 0. The highest BCUT2D eigenvalue weighted by atomic mass is 16.3. The number of benzene rings is 1. The van der Waals surface area contributed by atoms with E-state index in [1.807, 2.05) is 36.4 Å². The van der Waals surface area contributed by atoms with E-state index in [0.29, 0.717) is 17.9 Å². The van der Waals surface area contributed by atoms with Crippen LogP contribution in [0.4, 0.5) is 0 Å². The third kappa shape index (κ3) is 3.25. The predicted octanol–water partition coefficient (Wildman–Crippen LogP) is 3.66. The number of hydrogen-bond donors (Lipinski definition) is 2. The number of carbonyl (C=O) groups excluding carboxylic acids is 1. The van der Waals surface area contributed by atoms with Crippen molar-refractivity contribution in [2.24, 2.45) is 0 Å². The van der Waals surface area contributed by atoms with Gasteiger partial charge in [-0.05, 0) is 42.0 Å². The second-order valence-electron chi connectivity index (χ2n) is 5.74. The zero-order valence-electron chi connectivity index (χ0n) is 13.8. The largest absolute Gasteiger partial charge is 0.467 e. The molecule has 3 aromatic heterocycles. The van der Waals surface area contributed by atoms with E-state index in [4.69, 9.17) is 4.42 Å². The van der Waals surface area contributed by atoms with E-state index in [2.05, 4.69) is 20.5 Å². The number of furan rings is 1. The van der Waals surface area contributed by atoms with Crippen molar-refractivity contribution in [2.75, 3.05) is 0 Å². The summed E-state index contributed by atoms with van der Waals surface area (Å²) >= 11 is 0. The fraction of sp³-hybridized carbons (Fsp3) is 0.0500. The number of nitrogens with zero attached hydrogens (tertiary/aromatic N) is 2. The molecule has 0 atom stereocenters. The second kappa shape index (κ2) is 7.06. The number of carbonyl (C=O) groups is 1. The van der Waals surface area contributed by atoms with Gasteiger partial charge in [0.05, 0.1) is 24.7 Å². The Morgan fingerprint density at radius 1 is 1.08 bits per heavy atom. The van der Waals surface area contributed by atoms with Crippen molar-refractivity contribution in [3.63, 3.8) is 0 Å². The number of aromatic amines is 1. The van der Waals surface area contributed by atoms with Crippen molar-refractivity contribution in [1.82, 2.24) is 20.5 Å². The van der Waals surface area contributed by atoms with Crippen LogP contribution in [0, 0.1) is 0 Å². The Labute approximate surface area is 149 Å². The highest BCUT2D eigenvalue weighted by molar-refractivity contribution is 5.95. The van der Waals surface area contributed by atoms with Crippen LogP contribution in [0.5, 0.6) is 0 Å². The summed E-state index contributed by atoms with van der Waals surface area (Å²) < 4.78 is 5.23. The highest BCUT2D eigenvalue weighted by Gasteiger charge is 2.12. The molecule has 0 aliphatic carbocycles. The molecule has 3 heterocycles. The maximum Gasteiger partial charge on any atom is 0.251 e. The van der Waals surface area contributed by atoms with E-state index < -0.39 is 0 Å². The lowest BCUT2D eigenvalue weighted by Gasteiger charge is -2.07. The van der Waals surface area contributed by atoms with Crippen LogP contribution in [-0.4, -0.2) is 21.1 Å². The Balaban J connectivity index is 1.59. The van der Waals surface area contributed by atoms with E-state index in [1.54, 1.807) is 37.0 Å². The topological polar surface area (TPSA) is 83.8 Å². The molecule has 0 aliphatic rings. The van der Waals surface area contributed by atoms with E-state index in [1.165, 1.54) is 0 Å². The van der Waals surface area contributed by atoms with Crippen molar-refractivity contribution >= 4 is 5.91 Å². The Morgan fingerprint density at radius 3 is 2.77 bits per heavy atom. The maximum atomic E-state index is 12.4. The van der Waals surface area contributed by atoms with Gasteiger partial charge in [0.15, 0.2) is 0 Å². The van der Waals surface area contributed by atoms with Crippen LogP contribution in [0.15, 0.2) is 77.8 Å². The molecule has 0 saturated heterocycles. The molecule has 26 heavy (non-hydrogen) atoms. The number of pyridine rings is 1. The Bertz CT molecular complexity index is 1010. The molecule has 4 rings (SSSR count). The van der Waals surface area contributed by atoms with Gasteiger partial charge in [0.1, 0.15) is 5.76 Å². The van der Waals surface area contributed by atoms with Gasteiger partial charge in [-0.25, -0.2) is 0 Å². The molecular weight excluding hydrogens is 328 g/mol. The molecule has 2 N–H and O–H groups in total. The summed E-state index contributed by atoms with van der Waals surface area (Å²) in [5.41, 5.74) is 4.29. The standard InChI is InChI=1S/C20H16N4O2/c25-20(22-12-17-5-2-10-26-17)16-4-1-3-15(11-16)19-18(13-23-24-19)14-6-8-21-9-7-14/h1-11,13H,12H2,(H,22,25)(H,23,24). The number of aromatic nitrogens is 3. The minimum absolute atomic E-state index is 0.159. The first-order valence-corrected chi connectivity index (χ1v) is 8.16. The van der Waals surface area contributed by atoms with Gasteiger partial charge in [-0.2, -0.15) is 5.10 Å². The van der Waals surface area contributed by atoms with Crippen LogP contribution in [0.3, 0.4) is 0 Å². The lowest BCUT2D eigenvalue weighted by Crippen LogP contribution is -2.22. The van der Waals surface area contributed by atoms with Crippen LogP contribution < -0.4 is 5.32 Å². The van der Waals surface area contributed by atoms with E-state index >= 15 is 0 Å². The third-order valence-corrected chi connectivity index (χ3v) is 4.05. The van der Waals surface area contributed by atoms with Gasteiger partial charge in [-0.15, -0.1) is 0 Å². The third-order valence-electron chi connectivity index (χ3n) is 4.05. The zero-order chi connectivity index (χ0) is 17.8. The second-order valence-corrected chi connectivity index (χ2v) is 5.74. The quantitative estimate of drug-likeness (QED) is 0.579. The fourth-order valence-corrected chi connectivity index (χ4v) is 2.76. The van der Waals surface area contributed by atoms with Crippen LogP contribution in [-0.2, 0) is 6.54 Å². The fourth-order valence-electron chi connectivity index (χ4n) is 2.76. The normalized spacial score (nSPS) is 10.6. The molecule has 1 amide bonds. The van der Waals surface area contributed by atoms with Crippen molar-refractivity contribution < 1.29 is 9.21 Å². The average Bonchev–Trinajstić information content (AvgIpc) is 3.39. The lowest BCUT2D eigenvalue weighted by atomic mass is 10.0. The maximum absolute atomic E-state index is 12.4. The molecule has 0 aliphatic heterocycles. The summed E-state index contributed by atoms with van der Waals surface area (Å²) in [5.74, 6) is 0.552. The summed E-state index contributed by atoms with van der Waals surface area (Å²) in [5, 5.41) is 10.0. The van der Waals surface area contributed by atoms with Gasteiger partial charge >= 0.3 is 0 Å². The highest BCUT2D eigenvalue weighted by Crippen LogP contribution is 2.30. The smallest absolute Gasteiger partial charge is 0.251 e. The first-order chi connectivity index (χ1) is 12.8. The number of H-pyrrole nitrogens is 1. The van der Waals surface area contributed by atoms with Crippen molar-refractivity contribution in [3.05, 3.63) is 84.7 Å². The number of hydrogen-bond acceptors (Lipinski definition) is 4. The molecule has 1 aromatic carbocycles. The first kappa shape index (κ1) is 15.8. The summed E-state index contributed by atoms with van der Waals surface area (Å²) in [6.07, 6.45) is 6.84. The van der Waals surface area contributed by atoms with E-state index in [0.717, 1.165) is 22.4 Å². The molecule has 0 radical (unpaired) electrons. The summed E-state index contributed by atoms with van der Waals surface area (Å²) in [6, 6.07) is 14.9. The average molecular weight is 344 g/mol.